The smallest absolute Gasteiger partial charge is 0.219 e. The number of carbonyl (C=O) groups is 1. The Morgan fingerprint density at radius 3 is 2.35 bits per heavy atom. The fourth-order valence-corrected chi connectivity index (χ4v) is 4.40. The number of rotatable bonds is 7. The number of amides is 1. The van der Waals surface area contributed by atoms with Gasteiger partial charge in [-0.15, -0.1) is 0 Å². The van der Waals surface area contributed by atoms with Crippen molar-refractivity contribution in [3.8, 4) is 0 Å². The quantitative estimate of drug-likeness (QED) is 0.743. The lowest BCUT2D eigenvalue weighted by Gasteiger charge is -2.57. The number of hydrogen-bond donors (Lipinski definition) is 1. The zero-order valence-electron chi connectivity index (χ0n) is 17.3. The normalized spacial score (nSPS) is 23.4. The molecule has 4 nitrogen and oxygen atoms in total. The van der Waals surface area contributed by atoms with Crippen molar-refractivity contribution in [2.24, 2.45) is 0 Å². The summed E-state index contributed by atoms with van der Waals surface area (Å²) < 4.78 is 0. The molecule has 0 aromatic heterocycles. The Balaban J connectivity index is 2.26. The van der Waals surface area contributed by atoms with Gasteiger partial charge in [-0.2, -0.15) is 5.06 Å². The summed E-state index contributed by atoms with van der Waals surface area (Å²) in [5, 5.41) is 5.49. The van der Waals surface area contributed by atoms with E-state index >= 15 is 0 Å². The molecule has 2 rings (SSSR count). The van der Waals surface area contributed by atoms with Crippen LogP contribution >= 0.6 is 0 Å². The fourth-order valence-electron chi connectivity index (χ4n) is 4.40. The maximum Gasteiger partial charge on any atom is 0.219 e. The molecule has 1 aliphatic heterocycles. The molecule has 1 saturated heterocycles. The van der Waals surface area contributed by atoms with Crippen molar-refractivity contribution in [3.63, 3.8) is 0 Å². The molecule has 1 amide bonds. The molecule has 1 aliphatic rings. The van der Waals surface area contributed by atoms with Crippen LogP contribution in [0, 0.1) is 0 Å². The van der Waals surface area contributed by atoms with Gasteiger partial charge in [0.15, 0.2) is 0 Å². The first-order valence-electron chi connectivity index (χ1n) is 10.1. The first-order chi connectivity index (χ1) is 12.3. The van der Waals surface area contributed by atoms with Gasteiger partial charge in [-0.3, -0.25) is 9.63 Å². The van der Waals surface area contributed by atoms with Gasteiger partial charge in [0.2, 0.25) is 5.91 Å². The summed E-state index contributed by atoms with van der Waals surface area (Å²) in [6.45, 7) is 12.9. The second-order valence-electron chi connectivity index (χ2n) is 8.22. The van der Waals surface area contributed by atoms with Crippen LogP contribution in [0.5, 0.6) is 0 Å². The third-order valence-electron chi connectivity index (χ3n) is 5.89. The summed E-state index contributed by atoms with van der Waals surface area (Å²) in [5.41, 5.74) is 0.959. The molecule has 1 heterocycles. The molecule has 2 unspecified atom stereocenters. The zero-order chi connectivity index (χ0) is 19.4. The number of piperidine rings is 1. The van der Waals surface area contributed by atoms with Crippen molar-refractivity contribution in [2.75, 3.05) is 0 Å². The average molecular weight is 361 g/mol. The highest BCUT2D eigenvalue weighted by Gasteiger charge is 2.50. The van der Waals surface area contributed by atoms with E-state index < -0.39 is 0 Å². The molecule has 1 fully saturated rings. The number of nitrogens with one attached hydrogen (secondary N) is 1. The Kier molecular flexibility index (Phi) is 6.86. The minimum atomic E-state index is -0.154. The topological polar surface area (TPSA) is 41.6 Å². The van der Waals surface area contributed by atoms with Crippen LogP contribution in [0.15, 0.2) is 30.3 Å². The van der Waals surface area contributed by atoms with Crippen molar-refractivity contribution < 1.29 is 9.63 Å². The molecule has 0 spiro atoms. The van der Waals surface area contributed by atoms with Gasteiger partial charge < -0.3 is 5.32 Å². The third-order valence-corrected chi connectivity index (χ3v) is 5.89. The molecule has 1 aromatic rings. The van der Waals surface area contributed by atoms with Crippen molar-refractivity contribution in [2.45, 2.75) is 96.9 Å². The molecule has 4 heteroatoms. The van der Waals surface area contributed by atoms with E-state index in [1.165, 1.54) is 5.56 Å². The fraction of sp³-hybridized carbons (Fsp3) is 0.682. The minimum Gasteiger partial charge on any atom is -0.353 e. The van der Waals surface area contributed by atoms with Crippen molar-refractivity contribution in [1.82, 2.24) is 10.4 Å². The molecule has 1 aromatic carbocycles. The summed E-state index contributed by atoms with van der Waals surface area (Å²) in [4.78, 5) is 18.6. The molecule has 26 heavy (non-hydrogen) atoms. The Bertz CT molecular complexity index is 581. The van der Waals surface area contributed by atoms with Crippen LogP contribution in [0.25, 0.3) is 0 Å². The van der Waals surface area contributed by atoms with E-state index in [0.29, 0.717) is 6.42 Å². The summed E-state index contributed by atoms with van der Waals surface area (Å²) in [6, 6.07) is 10.6. The van der Waals surface area contributed by atoms with Gasteiger partial charge >= 0.3 is 0 Å². The van der Waals surface area contributed by atoms with Crippen LogP contribution in [0.2, 0.25) is 0 Å². The molecule has 1 N–H and O–H groups in total. The number of hydroxylamine groups is 2. The largest absolute Gasteiger partial charge is 0.353 e. The van der Waals surface area contributed by atoms with Gasteiger partial charge in [0.1, 0.15) is 6.10 Å². The van der Waals surface area contributed by atoms with E-state index in [0.717, 1.165) is 25.7 Å². The van der Waals surface area contributed by atoms with Gasteiger partial charge in [-0.1, -0.05) is 51.1 Å². The minimum absolute atomic E-state index is 0.00488. The van der Waals surface area contributed by atoms with Gasteiger partial charge in [0.25, 0.3) is 0 Å². The average Bonchev–Trinajstić information content (AvgIpc) is 2.63. The molecule has 2 atom stereocenters. The van der Waals surface area contributed by atoms with Crippen molar-refractivity contribution >= 4 is 5.91 Å². The number of hydrogen-bond acceptors (Lipinski definition) is 3. The summed E-state index contributed by atoms with van der Waals surface area (Å²) in [5.74, 6) is 0.138. The first-order valence-corrected chi connectivity index (χ1v) is 10.1. The maximum absolute atomic E-state index is 12.0. The van der Waals surface area contributed by atoms with Crippen LogP contribution in [0.4, 0.5) is 0 Å². The maximum atomic E-state index is 12.0. The summed E-state index contributed by atoms with van der Waals surface area (Å²) >= 11 is 0. The van der Waals surface area contributed by atoms with Crippen LogP contribution in [-0.2, 0) is 9.63 Å². The predicted molar refractivity (Wildman–Crippen MR) is 107 cm³/mol. The molecule has 0 saturated carbocycles. The second-order valence-corrected chi connectivity index (χ2v) is 8.22. The highest BCUT2D eigenvalue weighted by Crippen LogP contribution is 2.44. The van der Waals surface area contributed by atoms with E-state index in [1.807, 2.05) is 13.0 Å². The Morgan fingerprint density at radius 2 is 1.81 bits per heavy atom. The van der Waals surface area contributed by atoms with Gasteiger partial charge in [-0.25, -0.2) is 0 Å². The number of benzene rings is 1. The lowest BCUT2D eigenvalue weighted by Crippen LogP contribution is -2.66. The zero-order valence-corrected chi connectivity index (χ0v) is 17.3. The van der Waals surface area contributed by atoms with E-state index in [9.17, 15) is 4.79 Å². The molecule has 146 valence electrons. The Labute approximate surface area is 159 Å². The summed E-state index contributed by atoms with van der Waals surface area (Å²) in [7, 11) is 0. The van der Waals surface area contributed by atoms with Crippen molar-refractivity contribution in [1.29, 1.82) is 0 Å². The monoisotopic (exact) mass is 360 g/mol. The molecular weight excluding hydrogens is 324 g/mol. The lowest BCUT2D eigenvalue weighted by atomic mass is 9.74. The highest BCUT2D eigenvalue weighted by molar-refractivity contribution is 5.75. The standard InChI is InChI=1S/C22H36N2O2/c1-7-20(25)23-19-15-21(5,6)24(22(8-2,9-3)16-19)26-17(4)18-13-11-10-12-14-18/h10-14,17,19H,7-9,15-16H2,1-6H3,(H,23,25). The molecule has 0 aliphatic carbocycles. The van der Waals surface area contributed by atoms with E-state index in [4.69, 9.17) is 4.84 Å². The van der Waals surface area contributed by atoms with Crippen LogP contribution in [0.3, 0.4) is 0 Å². The van der Waals surface area contributed by atoms with Crippen LogP contribution in [0.1, 0.15) is 85.3 Å². The van der Waals surface area contributed by atoms with Crippen LogP contribution in [-0.4, -0.2) is 28.1 Å². The second kappa shape index (κ2) is 8.53. The third kappa shape index (κ3) is 4.47. The van der Waals surface area contributed by atoms with E-state index in [-0.39, 0.29) is 29.1 Å². The SMILES string of the molecule is CCC(=O)NC1CC(C)(C)N(OC(C)c2ccccc2)C(CC)(CC)C1. The van der Waals surface area contributed by atoms with Crippen LogP contribution < -0.4 is 5.32 Å². The lowest BCUT2D eigenvalue weighted by molar-refractivity contribution is -0.316. The molecule has 0 radical (unpaired) electrons. The Hall–Kier alpha value is -1.39. The van der Waals surface area contributed by atoms with Gasteiger partial charge in [-0.05, 0) is 52.0 Å². The van der Waals surface area contributed by atoms with Gasteiger partial charge in [0, 0.05) is 23.5 Å². The van der Waals surface area contributed by atoms with Crippen molar-refractivity contribution in [3.05, 3.63) is 35.9 Å². The van der Waals surface area contributed by atoms with E-state index in [1.54, 1.807) is 0 Å². The molecule has 0 bridgehead atoms. The summed E-state index contributed by atoms with van der Waals surface area (Å²) in [6.07, 6.45) is 4.33. The Morgan fingerprint density at radius 1 is 1.19 bits per heavy atom. The number of carbonyl (C=O) groups excluding carboxylic acids is 1. The highest BCUT2D eigenvalue weighted by atomic mass is 16.7. The molecular formula is C22H36N2O2. The first kappa shape index (κ1) is 20.9. The van der Waals surface area contributed by atoms with Gasteiger partial charge in [0.05, 0.1) is 0 Å². The number of nitrogens with zero attached hydrogens (tertiary/aromatic N) is 1. The van der Waals surface area contributed by atoms with E-state index in [2.05, 4.69) is 69.3 Å². The predicted octanol–water partition coefficient (Wildman–Crippen LogP) is 5.01.